The zero-order chi connectivity index (χ0) is 22.5. The zero-order valence-corrected chi connectivity index (χ0v) is 17.2. The normalized spacial score (nSPS) is 10.4. The first-order valence-corrected chi connectivity index (χ1v) is 9.29. The maximum absolute atomic E-state index is 12.1. The smallest absolute Gasteiger partial charge is 0.329 e. The SMILES string of the molecule is COCCNC(=O)C(=O)N/N=C\c1ccc(OCC(=O)Nc2ccccc2OC)cc1. The summed E-state index contributed by atoms with van der Waals surface area (Å²) in [5.74, 6) is -0.979. The Morgan fingerprint density at radius 3 is 2.45 bits per heavy atom. The number of carbonyl (C=O) groups is 3. The summed E-state index contributed by atoms with van der Waals surface area (Å²) < 4.78 is 15.4. The van der Waals surface area contributed by atoms with Crippen molar-refractivity contribution in [2.75, 3.05) is 39.3 Å². The molecule has 0 fully saturated rings. The van der Waals surface area contributed by atoms with Crippen LogP contribution >= 0.6 is 0 Å². The van der Waals surface area contributed by atoms with Crippen LogP contribution in [-0.4, -0.2) is 57.9 Å². The summed E-state index contributed by atoms with van der Waals surface area (Å²) in [6, 6.07) is 13.7. The van der Waals surface area contributed by atoms with E-state index < -0.39 is 11.8 Å². The van der Waals surface area contributed by atoms with Gasteiger partial charge in [0.05, 0.1) is 25.6 Å². The van der Waals surface area contributed by atoms with Gasteiger partial charge in [-0.15, -0.1) is 0 Å². The topological polar surface area (TPSA) is 127 Å². The fraction of sp³-hybridized carbons (Fsp3) is 0.238. The summed E-state index contributed by atoms with van der Waals surface area (Å²) in [6.07, 6.45) is 1.37. The average Bonchev–Trinajstić information content (AvgIpc) is 2.79. The van der Waals surface area contributed by atoms with E-state index in [2.05, 4.69) is 21.2 Å². The number of nitrogens with zero attached hydrogens (tertiary/aromatic N) is 1. The molecule has 2 aromatic rings. The number of methoxy groups -OCH3 is 2. The van der Waals surface area contributed by atoms with Crippen LogP contribution in [0.5, 0.6) is 11.5 Å². The Morgan fingerprint density at radius 2 is 1.74 bits per heavy atom. The fourth-order valence-electron chi connectivity index (χ4n) is 2.30. The first kappa shape index (κ1) is 23.4. The number of benzene rings is 2. The Labute approximate surface area is 179 Å². The van der Waals surface area contributed by atoms with Gasteiger partial charge in [0.1, 0.15) is 11.5 Å². The standard InChI is InChI=1S/C21H24N4O6/c1-29-12-11-22-20(27)21(28)25-23-13-15-7-9-16(10-8-15)31-14-19(26)24-17-5-3-4-6-18(17)30-2/h3-10,13H,11-12,14H2,1-2H3,(H,22,27)(H,24,26)(H,25,28)/b23-13-. The zero-order valence-electron chi connectivity index (χ0n) is 17.2. The molecule has 10 heteroatoms. The minimum absolute atomic E-state index is 0.181. The summed E-state index contributed by atoms with van der Waals surface area (Å²) >= 11 is 0. The molecule has 10 nitrogen and oxygen atoms in total. The number of amides is 3. The van der Waals surface area contributed by atoms with E-state index in [0.717, 1.165) is 0 Å². The van der Waals surface area contributed by atoms with Gasteiger partial charge in [-0.2, -0.15) is 5.10 Å². The van der Waals surface area contributed by atoms with Crippen molar-refractivity contribution in [3.8, 4) is 11.5 Å². The van der Waals surface area contributed by atoms with E-state index in [4.69, 9.17) is 14.2 Å². The fourth-order valence-corrected chi connectivity index (χ4v) is 2.30. The molecule has 2 aromatic carbocycles. The van der Waals surface area contributed by atoms with E-state index in [1.807, 2.05) is 0 Å². The van der Waals surface area contributed by atoms with Crippen LogP contribution in [0.25, 0.3) is 0 Å². The maximum Gasteiger partial charge on any atom is 0.329 e. The Bertz CT molecular complexity index is 914. The number of para-hydroxylation sites is 2. The first-order chi connectivity index (χ1) is 15.0. The van der Waals surface area contributed by atoms with Crippen molar-refractivity contribution < 1.29 is 28.6 Å². The van der Waals surface area contributed by atoms with Gasteiger partial charge >= 0.3 is 11.8 Å². The number of nitrogens with one attached hydrogen (secondary N) is 3. The number of hydrogen-bond acceptors (Lipinski definition) is 7. The molecule has 0 unspecified atom stereocenters. The lowest BCUT2D eigenvalue weighted by atomic mass is 10.2. The van der Waals surface area contributed by atoms with Crippen LogP contribution in [0.3, 0.4) is 0 Å². The van der Waals surface area contributed by atoms with E-state index in [9.17, 15) is 14.4 Å². The van der Waals surface area contributed by atoms with E-state index >= 15 is 0 Å². The molecule has 0 heterocycles. The van der Waals surface area contributed by atoms with Crippen LogP contribution in [0.4, 0.5) is 5.69 Å². The maximum atomic E-state index is 12.1. The highest BCUT2D eigenvalue weighted by molar-refractivity contribution is 6.35. The molecular formula is C21H24N4O6. The number of carbonyl (C=O) groups excluding carboxylic acids is 3. The highest BCUT2D eigenvalue weighted by Crippen LogP contribution is 2.22. The van der Waals surface area contributed by atoms with Crippen LogP contribution in [0.15, 0.2) is 53.6 Å². The predicted molar refractivity (Wildman–Crippen MR) is 114 cm³/mol. The Morgan fingerprint density at radius 1 is 1.00 bits per heavy atom. The highest BCUT2D eigenvalue weighted by Gasteiger charge is 2.11. The quantitative estimate of drug-likeness (QED) is 0.224. The van der Waals surface area contributed by atoms with Crippen LogP contribution in [0.1, 0.15) is 5.56 Å². The summed E-state index contributed by atoms with van der Waals surface area (Å²) in [5, 5.41) is 8.82. The molecule has 0 radical (unpaired) electrons. The monoisotopic (exact) mass is 428 g/mol. The summed E-state index contributed by atoms with van der Waals surface area (Å²) in [6.45, 7) is 0.351. The third-order valence-electron chi connectivity index (χ3n) is 3.81. The van der Waals surface area contributed by atoms with Crippen molar-refractivity contribution in [1.29, 1.82) is 0 Å². The van der Waals surface area contributed by atoms with Gasteiger partial charge in [0.15, 0.2) is 6.61 Å². The van der Waals surface area contributed by atoms with Crippen LogP contribution < -0.4 is 25.5 Å². The number of hydrogen-bond donors (Lipinski definition) is 3. The second kappa shape index (κ2) is 12.6. The van der Waals surface area contributed by atoms with Crippen molar-refractivity contribution >= 4 is 29.6 Å². The minimum Gasteiger partial charge on any atom is -0.495 e. The molecule has 0 spiro atoms. The number of rotatable bonds is 10. The molecule has 3 N–H and O–H groups in total. The number of anilines is 1. The van der Waals surface area contributed by atoms with Crippen LogP contribution in [0, 0.1) is 0 Å². The van der Waals surface area contributed by atoms with Crippen molar-refractivity contribution in [2.24, 2.45) is 5.10 Å². The van der Waals surface area contributed by atoms with Gasteiger partial charge in [0, 0.05) is 13.7 Å². The third kappa shape index (κ3) is 8.15. The van der Waals surface area contributed by atoms with Crippen LogP contribution in [0.2, 0.25) is 0 Å². The molecule has 0 bridgehead atoms. The van der Waals surface area contributed by atoms with Gasteiger partial charge in [-0.3, -0.25) is 14.4 Å². The van der Waals surface area contributed by atoms with E-state index in [0.29, 0.717) is 29.4 Å². The molecule has 0 aromatic heterocycles. The second-order valence-electron chi connectivity index (χ2n) is 6.05. The van der Waals surface area contributed by atoms with E-state index in [1.165, 1.54) is 20.4 Å². The minimum atomic E-state index is -0.881. The lowest BCUT2D eigenvalue weighted by Gasteiger charge is -2.10. The molecule has 31 heavy (non-hydrogen) atoms. The van der Waals surface area contributed by atoms with E-state index in [1.54, 1.807) is 48.5 Å². The van der Waals surface area contributed by atoms with Crippen molar-refractivity contribution in [1.82, 2.24) is 10.7 Å². The molecule has 0 saturated carbocycles. The summed E-state index contributed by atoms with van der Waals surface area (Å²) in [5.41, 5.74) is 3.34. The lowest BCUT2D eigenvalue weighted by molar-refractivity contribution is -0.139. The Kier molecular flexibility index (Phi) is 9.50. The molecule has 3 amide bonds. The van der Waals surface area contributed by atoms with Gasteiger partial charge in [-0.1, -0.05) is 12.1 Å². The Hall–Kier alpha value is -3.92. The van der Waals surface area contributed by atoms with Crippen LogP contribution in [-0.2, 0) is 19.1 Å². The molecule has 0 aliphatic carbocycles. The largest absolute Gasteiger partial charge is 0.495 e. The summed E-state index contributed by atoms with van der Waals surface area (Å²) in [4.78, 5) is 35.1. The average molecular weight is 428 g/mol. The summed E-state index contributed by atoms with van der Waals surface area (Å²) in [7, 11) is 3.01. The van der Waals surface area contributed by atoms with Gasteiger partial charge < -0.3 is 24.8 Å². The van der Waals surface area contributed by atoms with Crippen molar-refractivity contribution in [2.45, 2.75) is 0 Å². The van der Waals surface area contributed by atoms with Gasteiger partial charge in [-0.25, -0.2) is 5.43 Å². The lowest BCUT2D eigenvalue weighted by Crippen LogP contribution is -2.39. The van der Waals surface area contributed by atoms with E-state index in [-0.39, 0.29) is 19.1 Å². The van der Waals surface area contributed by atoms with Gasteiger partial charge in [0.25, 0.3) is 5.91 Å². The van der Waals surface area contributed by atoms with Gasteiger partial charge in [-0.05, 0) is 42.0 Å². The highest BCUT2D eigenvalue weighted by atomic mass is 16.5. The molecular weight excluding hydrogens is 404 g/mol. The predicted octanol–water partition coefficient (Wildman–Crippen LogP) is 0.925. The molecule has 2 rings (SSSR count). The molecule has 164 valence electrons. The van der Waals surface area contributed by atoms with Gasteiger partial charge in [0.2, 0.25) is 0 Å². The van der Waals surface area contributed by atoms with Crippen molar-refractivity contribution in [3.05, 3.63) is 54.1 Å². The number of hydrazone groups is 1. The first-order valence-electron chi connectivity index (χ1n) is 9.29. The number of ether oxygens (including phenoxy) is 3. The molecule has 0 atom stereocenters. The third-order valence-corrected chi connectivity index (χ3v) is 3.81. The molecule has 0 aliphatic rings. The second-order valence-corrected chi connectivity index (χ2v) is 6.05. The molecule has 0 aliphatic heterocycles. The molecule has 0 saturated heterocycles. The Balaban J connectivity index is 1.77. The van der Waals surface area contributed by atoms with Crippen molar-refractivity contribution in [3.63, 3.8) is 0 Å².